The molecule has 26 heavy (non-hydrogen) atoms. The number of hydrogen-bond acceptors (Lipinski definition) is 4. The molecule has 140 valence electrons. The van der Waals surface area contributed by atoms with Crippen LogP contribution in [0.25, 0.3) is 0 Å². The number of halogens is 4. The highest BCUT2D eigenvalue weighted by atomic mass is 32.2. The van der Waals surface area contributed by atoms with Crippen LogP contribution in [0, 0.1) is 5.82 Å². The number of sulfonamides is 1. The molecular formula is C16H12F4NO4S-. The number of carboxylic acid groups (broad SMARTS) is 1. The predicted molar refractivity (Wildman–Crippen MR) is 83.2 cm³/mol. The van der Waals surface area contributed by atoms with Crippen LogP contribution in [0.5, 0.6) is 0 Å². The van der Waals surface area contributed by atoms with E-state index in [4.69, 9.17) is 0 Å². The van der Waals surface area contributed by atoms with Crippen molar-refractivity contribution in [2.45, 2.75) is 12.7 Å². The van der Waals surface area contributed by atoms with Gasteiger partial charge in [0, 0.05) is 11.1 Å². The maximum absolute atomic E-state index is 14.1. The maximum atomic E-state index is 14.1. The molecule has 5 nitrogen and oxygen atoms in total. The standard InChI is InChI=1S/C16H13F4NO4S/c1-26(24,25)21(13-4-2-3-12(8-13)16(18,19)20)9-11-6-5-10(15(22)23)7-14(11)17/h2-8H,9H2,1H3,(H,22,23)/p-1. The van der Waals surface area contributed by atoms with Crippen molar-refractivity contribution in [3.05, 3.63) is 65.0 Å². The van der Waals surface area contributed by atoms with Gasteiger partial charge in [-0.15, -0.1) is 0 Å². The Labute approximate surface area is 146 Å². The molecule has 2 aromatic carbocycles. The fourth-order valence-electron chi connectivity index (χ4n) is 2.19. The van der Waals surface area contributed by atoms with E-state index in [9.17, 15) is 35.9 Å². The second kappa shape index (κ2) is 6.94. The van der Waals surface area contributed by atoms with Gasteiger partial charge in [-0.2, -0.15) is 13.2 Å². The van der Waals surface area contributed by atoms with E-state index < -0.39 is 45.7 Å². The largest absolute Gasteiger partial charge is 0.545 e. The monoisotopic (exact) mass is 390 g/mol. The Hall–Kier alpha value is -2.62. The van der Waals surface area contributed by atoms with Crippen LogP contribution in [-0.2, 0) is 22.7 Å². The van der Waals surface area contributed by atoms with E-state index in [-0.39, 0.29) is 11.3 Å². The van der Waals surface area contributed by atoms with E-state index in [0.717, 1.165) is 36.6 Å². The number of carbonyl (C=O) groups is 1. The average Bonchev–Trinajstić information content (AvgIpc) is 2.51. The Morgan fingerprint density at radius 2 is 1.81 bits per heavy atom. The number of carboxylic acids is 1. The summed E-state index contributed by atoms with van der Waals surface area (Å²) in [5.74, 6) is -2.64. The highest BCUT2D eigenvalue weighted by molar-refractivity contribution is 7.92. The lowest BCUT2D eigenvalue weighted by atomic mass is 10.1. The predicted octanol–water partition coefficient (Wildman–Crippen LogP) is 2.17. The first-order valence-corrected chi connectivity index (χ1v) is 8.89. The first-order chi connectivity index (χ1) is 11.9. The zero-order valence-corrected chi connectivity index (χ0v) is 14.1. The van der Waals surface area contributed by atoms with Crippen LogP contribution in [0.1, 0.15) is 21.5 Å². The van der Waals surface area contributed by atoms with Crippen LogP contribution < -0.4 is 9.41 Å². The van der Waals surface area contributed by atoms with Gasteiger partial charge in [0.15, 0.2) is 0 Å². The van der Waals surface area contributed by atoms with Gasteiger partial charge in [-0.25, -0.2) is 12.8 Å². The van der Waals surface area contributed by atoms with Crippen LogP contribution in [0.15, 0.2) is 42.5 Å². The number of aromatic carboxylic acids is 1. The summed E-state index contributed by atoms with van der Waals surface area (Å²) in [5.41, 5.74) is -2.02. The molecule has 0 atom stereocenters. The SMILES string of the molecule is CS(=O)(=O)N(Cc1ccc(C(=O)[O-])cc1F)c1cccc(C(F)(F)F)c1. The lowest BCUT2D eigenvalue weighted by Gasteiger charge is -2.24. The van der Waals surface area contributed by atoms with Crippen LogP contribution in [0.4, 0.5) is 23.2 Å². The topological polar surface area (TPSA) is 77.5 Å². The number of benzene rings is 2. The number of anilines is 1. The third kappa shape index (κ3) is 4.51. The lowest BCUT2D eigenvalue weighted by molar-refractivity contribution is -0.255. The quantitative estimate of drug-likeness (QED) is 0.734. The number of hydrogen-bond donors (Lipinski definition) is 0. The molecule has 0 saturated carbocycles. The molecule has 0 fully saturated rings. The zero-order valence-electron chi connectivity index (χ0n) is 13.2. The second-order valence-corrected chi connectivity index (χ2v) is 7.32. The minimum Gasteiger partial charge on any atom is -0.545 e. The fourth-order valence-corrected chi connectivity index (χ4v) is 3.06. The van der Waals surface area contributed by atoms with Crippen molar-refractivity contribution in [3.8, 4) is 0 Å². The Morgan fingerprint density at radius 1 is 1.15 bits per heavy atom. The summed E-state index contributed by atoms with van der Waals surface area (Å²) in [7, 11) is -4.05. The van der Waals surface area contributed by atoms with E-state index in [2.05, 4.69) is 0 Å². The van der Waals surface area contributed by atoms with Gasteiger partial charge >= 0.3 is 6.18 Å². The summed E-state index contributed by atoms with van der Waals surface area (Å²) >= 11 is 0. The molecule has 0 unspecified atom stereocenters. The second-order valence-electron chi connectivity index (χ2n) is 5.41. The van der Waals surface area contributed by atoms with E-state index in [1.54, 1.807) is 0 Å². The molecule has 0 amide bonds. The van der Waals surface area contributed by atoms with Gasteiger partial charge in [-0.1, -0.05) is 18.2 Å². The zero-order chi connectivity index (χ0) is 19.7. The van der Waals surface area contributed by atoms with Gasteiger partial charge in [-0.05, 0) is 24.3 Å². The lowest BCUT2D eigenvalue weighted by Crippen LogP contribution is -2.30. The summed E-state index contributed by atoms with van der Waals surface area (Å²) in [6, 6.07) is 6.28. The molecule has 0 aliphatic heterocycles. The third-order valence-electron chi connectivity index (χ3n) is 3.46. The van der Waals surface area contributed by atoms with Crippen molar-refractivity contribution in [1.82, 2.24) is 0 Å². The highest BCUT2D eigenvalue weighted by Gasteiger charge is 2.31. The van der Waals surface area contributed by atoms with Gasteiger partial charge < -0.3 is 9.90 Å². The number of alkyl halides is 3. The van der Waals surface area contributed by atoms with E-state index in [1.807, 2.05) is 0 Å². The third-order valence-corrected chi connectivity index (χ3v) is 4.61. The number of nitrogens with zero attached hydrogens (tertiary/aromatic N) is 1. The van der Waals surface area contributed by atoms with Gasteiger partial charge in [0.05, 0.1) is 30.0 Å². The van der Waals surface area contributed by atoms with Gasteiger partial charge in [0.25, 0.3) is 0 Å². The molecule has 0 spiro atoms. The van der Waals surface area contributed by atoms with Crippen molar-refractivity contribution >= 4 is 21.7 Å². The first-order valence-electron chi connectivity index (χ1n) is 7.04. The summed E-state index contributed by atoms with van der Waals surface area (Å²) in [5, 5.41) is 10.7. The van der Waals surface area contributed by atoms with Crippen molar-refractivity contribution in [1.29, 1.82) is 0 Å². The van der Waals surface area contributed by atoms with E-state index in [0.29, 0.717) is 16.4 Å². The van der Waals surface area contributed by atoms with Crippen LogP contribution >= 0.6 is 0 Å². The molecule has 0 saturated heterocycles. The van der Waals surface area contributed by atoms with Crippen molar-refractivity contribution < 1.29 is 35.9 Å². The van der Waals surface area contributed by atoms with E-state index in [1.165, 1.54) is 0 Å². The van der Waals surface area contributed by atoms with Crippen molar-refractivity contribution in [2.75, 3.05) is 10.6 Å². The summed E-state index contributed by atoms with van der Waals surface area (Å²) in [6.45, 7) is -0.612. The molecule has 0 aliphatic rings. The van der Waals surface area contributed by atoms with Gasteiger partial charge in [0.2, 0.25) is 10.0 Å². The highest BCUT2D eigenvalue weighted by Crippen LogP contribution is 2.32. The smallest absolute Gasteiger partial charge is 0.416 e. The molecule has 0 N–H and O–H groups in total. The minimum absolute atomic E-state index is 0.210. The summed E-state index contributed by atoms with van der Waals surface area (Å²) in [4.78, 5) is 10.7. The summed E-state index contributed by atoms with van der Waals surface area (Å²) in [6.07, 6.45) is -3.92. The molecular weight excluding hydrogens is 378 g/mol. The van der Waals surface area contributed by atoms with Crippen molar-refractivity contribution in [3.63, 3.8) is 0 Å². The average molecular weight is 390 g/mol. The Morgan fingerprint density at radius 3 is 2.31 bits per heavy atom. The molecule has 0 aromatic heterocycles. The Balaban J connectivity index is 2.47. The van der Waals surface area contributed by atoms with Gasteiger partial charge in [-0.3, -0.25) is 4.31 Å². The molecule has 0 radical (unpaired) electrons. The summed E-state index contributed by atoms with van der Waals surface area (Å²) < 4.78 is 77.2. The number of rotatable bonds is 5. The molecule has 0 heterocycles. The Kier molecular flexibility index (Phi) is 5.26. The first kappa shape index (κ1) is 19.7. The minimum atomic E-state index is -4.68. The molecule has 0 bridgehead atoms. The molecule has 10 heteroatoms. The van der Waals surface area contributed by atoms with Crippen LogP contribution in [0.2, 0.25) is 0 Å². The van der Waals surface area contributed by atoms with Crippen molar-refractivity contribution in [2.24, 2.45) is 0 Å². The Bertz CT molecular complexity index is 942. The van der Waals surface area contributed by atoms with Crippen LogP contribution in [-0.4, -0.2) is 20.6 Å². The van der Waals surface area contributed by atoms with Gasteiger partial charge in [0.1, 0.15) is 5.82 Å². The molecule has 0 aliphatic carbocycles. The van der Waals surface area contributed by atoms with E-state index >= 15 is 0 Å². The number of carbonyl (C=O) groups excluding carboxylic acids is 1. The molecule has 2 aromatic rings. The maximum Gasteiger partial charge on any atom is 0.416 e. The fraction of sp³-hybridized carbons (Fsp3) is 0.188. The molecule has 2 rings (SSSR count). The van der Waals surface area contributed by atoms with Crippen LogP contribution in [0.3, 0.4) is 0 Å². The normalized spacial score (nSPS) is 12.0.